The van der Waals surface area contributed by atoms with E-state index in [0.29, 0.717) is 17.8 Å². The van der Waals surface area contributed by atoms with E-state index >= 15 is 0 Å². The monoisotopic (exact) mass is 448 g/mol. The second-order valence-corrected chi connectivity index (χ2v) is 8.63. The highest BCUT2D eigenvalue weighted by Gasteiger charge is 2.41. The molecule has 0 spiro atoms. The zero-order valence-corrected chi connectivity index (χ0v) is 18.6. The number of aliphatic hydroxyl groups excluding tert-OH is 1. The van der Waals surface area contributed by atoms with Crippen molar-refractivity contribution in [2.75, 3.05) is 36.6 Å². The summed E-state index contributed by atoms with van der Waals surface area (Å²) in [5.74, 6) is -2.32. The lowest BCUT2D eigenvalue weighted by Crippen LogP contribution is -2.55. The number of morpholine rings is 1. The molecule has 0 aliphatic carbocycles. The van der Waals surface area contributed by atoms with Crippen molar-refractivity contribution < 1.29 is 38.5 Å². The Bertz CT molecular complexity index is 923. The smallest absolute Gasteiger partial charge is 0.338 e. The second kappa shape index (κ2) is 9.25. The van der Waals surface area contributed by atoms with Gasteiger partial charge in [-0.1, -0.05) is 6.07 Å². The molecule has 1 aromatic rings. The van der Waals surface area contributed by atoms with E-state index in [1.807, 2.05) is 0 Å². The molecule has 2 atom stereocenters. The molecule has 0 radical (unpaired) electrons. The zero-order valence-electron chi connectivity index (χ0n) is 18.6. The van der Waals surface area contributed by atoms with E-state index in [4.69, 9.17) is 14.2 Å². The molecule has 0 bridgehead atoms. The molecule has 1 aromatic carbocycles. The maximum atomic E-state index is 13.1. The van der Waals surface area contributed by atoms with Crippen molar-refractivity contribution in [3.05, 3.63) is 23.8 Å². The minimum absolute atomic E-state index is 0.0954. The highest BCUT2D eigenvalue weighted by Crippen LogP contribution is 2.33. The summed E-state index contributed by atoms with van der Waals surface area (Å²) in [4.78, 5) is 52.2. The molecule has 10 nitrogen and oxygen atoms in total. The number of carbonyl (C=O) groups is 4. The molecular formula is C22H28N2O8. The molecule has 3 rings (SSSR count). The van der Waals surface area contributed by atoms with E-state index in [-0.39, 0.29) is 32.0 Å². The molecule has 1 N–H and O–H groups in total. The van der Waals surface area contributed by atoms with Crippen LogP contribution >= 0.6 is 0 Å². The molecule has 174 valence electrons. The van der Waals surface area contributed by atoms with Crippen molar-refractivity contribution in [1.29, 1.82) is 0 Å². The first-order valence-electron chi connectivity index (χ1n) is 10.4. The average molecular weight is 448 g/mol. The van der Waals surface area contributed by atoms with Gasteiger partial charge in [0.15, 0.2) is 12.2 Å². The summed E-state index contributed by atoms with van der Waals surface area (Å²) in [6.45, 7) is 5.02. The molecule has 0 saturated carbocycles. The van der Waals surface area contributed by atoms with Crippen LogP contribution in [-0.4, -0.2) is 73.5 Å². The number of anilines is 2. The third-order valence-electron chi connectivity index (χ3n) is 5.15. The number of benzene rings is 1. The first kappa shape index (κ1) is 23.7. The fourth-order valence-corrected chi connectivity index (χ4v) is 3.64. The number of rotatable bonds is 5. The van der Waals surface area contributed by atoms with Crippen LogP contribution in [0.25, 0.3) is 0 Å². The van der Waals surface area contributed by atoms with E-state index in [9.17, 15) is 24.3 Å². The number of nitrogens with zero attached hydrogens (tertiary/aromatic N) is 2. The number of aliphatic hydroxyl groups is 1. The summed E-state index contributed by atoms with van der Waals surface area (Å²) in [6, 6.07) is 5.17. The standard InChI is InChI=1S/C22H28N2O8/c1-22(2,3)32-21(29)18(27)19-20(28)23(9-10-31-19)14-7-5-13-6-8-16(25)24(15(13)11-14)12-17(26)30-4/h5,7,11,18-19,27H,6,8-10,12H2,1-4H3/t18-,19-/m1/s1. The Balaban J connectivity index is 1.85. The van der Waals surface area contributed by atoms with E-state index in [1.54, 1.807) is 39.0 Å². The van der Waals surface area contributed by atoms with Gasteiger partial charge in [-0.3, -0.25) is 14.4 Å². The van der Waals surface area contributed by atoms with Crippen LogP contribution in [0.15, 0.2) is 18.2 Å². The predicted molar refractivity (Wildman–Crippen MR) is 113 cm³/mol. The van der Waals surface area contributed by atoms with Gasteiger partial charge in [0.1, 0.15) is 12.1 Å². The van der Waals surface area contributed by atoms with Crippen LogP contribution in [0.1, 0.15) is 32.8 Å². The quantitative estimate of drug-likeness (QED) is 0.649. The summed E-state index contributed by atoms with van der Waals surface area (Å²) < 4.78 is 15.2. The molecule has 32 heavy (non-hydrogen) atoms. The molecular weight excluding hydrogens is 420 g/mol. The Kier molecular flexibility index (Phi) is 6.85. The number of methoxy groups -OCH3 is 1. The Morgan fingerprint density at radius 1 is 1.25 bits per heavy atom. The van der Waals surface area contributed by atoms with Gasteiger partial charge in [0.25, 0.3) is 5.91 Å². The Hall–Kier alpha value is -2.98. The fraction of sp³-hybridized carbons (Fsp3) is 0.545. The van der Waals surface area contributed by atoms with Crippen molar-refractivity contribution >= 4 is 35.1 Å². The van der Waals surface area contributed by atoms with Crippen molar-refractivity contribution in [3.63, 3.8) is 0 Å². The molecule has 2 amide bonds. The van der Waals surface area contributed by atoms with Crippen LogP contribution in [0.4, 0.5) is 11.4 Å². The van der Waals surface area contributed by atoms with E-state index in [2.05, 4.69) is 0 Å². The van der Waals surface area contributed by atoms with Crippen LogP contribution in [0.5, 0.6) is 0 Å². The Morgan fingerprint density at radius 2 is 1.97 bits per heavy atom. The SMILES string of the molecule is COC(=O)CN1C(=O)CCc2ccc(N3CCO[C@H]([C@@H](O)C(=O)OC(C)(C)C)C3=O)cc21. The van der Waals surface area contributed by atoms with Crippen molar-refractivity contribution in [2.45, 2.75) is 51.4 Å². The third kappa shape index (κ3) is 5.08. The van der Waals surface area contributed by atoms with Gasteiger partial charge >= 0.3 is 11.9 Å². The maximum Gasteiger partial charge on any atom is 0.338 e. The number of hydrogen-bond acceptors (Lipinski definition) is 8. The van der Waals surface area contributed by atoms with Gasteiger partial charge < -0.3 is 29.1 Å². The third-order valence-corrected chi connectivity index (χ3v) is 5.15. The molecule has 2 heterocycles. The summed E-state index contributed by atoms with van der Waals surface area (Å²) in [5.41, 5.74) is 1.02. The highest BCUT2D eigenvalue weighted by atomic mass is 16.6. The molecule has 0 aromatic heterocycles. The summed E-state index contributed by atoms with van der Waals surface area (Å²) in [5, 5.41) is 10.4. The van der Waals surface area contributed by atoms with Gasteiger partial charge in [-0.05, 0) is 44.9 Å². The minimum Gasteiger partial charge on any atom is -0.468 e. The number of fused-ring (bicyclic) bond motifs is 1. The van der Waals surface area contributed by atoms with Crippen LogP contribution in [-0.2, 0) is 39.8 Å². The summed E-state index contributed by atoms with van der Waals surface area (Å²) in [6.07, 6.45) is -2.41. The predicted octanol–water partition coefficient (Wildman–Crippen LogP) is 0.573. The lowest BCUT2D eigenvalue weighted by molar-refractivity contribution is -0.177. The number of carbonyl (C=O) groups excluding carboxylic acids is 4. The van der Waals surface area contributed by atoms with Crippen molar-refractivity contribution in [2.24, 2.45) is 0 Å². The van der Waals surface area contributed by atoms with Crippen LogP contribution in [0.2, 0.25) is 0 Å². The molecule has 2 aliphatic heterocycles. The summed E-state index contributed by atoms with van der Waals surface area (Å²) >= 11 is 0. The maximum absolute atomic E-state index is 13.1. The van der Waals surface area contributed by atoms with Crippen LogP contribution < -0.4 is 9.80 Å². The van der Waals surface area contributed by atoms with Gasteiger partial charge in [0.05, 0.1) is 13.7 Å². The molecule has 1 fully saturated rings. The fourth-order valence-electron chi connectivity index (χ4n) is 3.64. The first-order valence-corrected chi connectivity index (χ1v) is 10.4. The number of aryl methyl sites for hydroxylation is 1. The zero-order chi connectivity index (χ0) is 23.6. The molecule has 1 saturated heterocycles. The summed E-state index contributed by atoms with van der Waals surface area (Å²) in [7, 11) is 1.25. The van der Waals surface area contributed by atoms with Crippen molar-refractivity contribution in [3.8, 4) is 0 Å². The Labute approximate surface area is 186 Å². The topological polar surface area (TPSA) is 123 Å². The van der Waals surface area contributed by atoms with Gasteiger partial charge in [0.2, 0.25) is 5.91 Å². The lowest BCUT2D eigenvalue weighted by Gasteiger charge is -2.36. The first-order chi connectivity index (χ1) is 15.0. The van der Waals surface area contributed by atoms with Gasteiger partial charge in [-0.25, -0.2) is 4.79 Å². The number of hydrogen-bond donors (Lipinski definition) is 1. The number of ether oxygens (including phenoxy) is 3. The van der Waals surface area contributed by atoms with Gasteiger partial charge in [0, 0.05) is 24.3 Å². The van der Waals surface area contributed by atoms with Gasteiger partial charge in [-0.15, -0.1) is 0 Å². The van der Waals surface area contributed by atoms with E-state index in [1.165, 1.54) is 16.9 Å². The van der Waals surface area contributed by atoms with Gasteiger partial charge in [-0.2, -0.15) is 0 Å². The lowest BCUT2D eigenvalue weighted by atomic mass is 9.99. The molecule has 0 unspecified atom stereocenters. The Morgan fingerprint density at radius 3 is 2.62 bits per heavy atom. The van der Waals surface area contributed by atoms with Crippen molar-refractivity contribution in [1.82, 2.24) is 0 Å². The van der Waals surface area contributed by atoms with E-state index in [0.717, 1.165) is 5.56 Å². The number of amides is 2. The van der Waals surface area contributed by atoms with E-state index < -0.39 is 35.7 Å². The molecule has 2 aliphatic rings. The minimum atomic E-state index is -1.78. The normalized spacial score (nSPS) is 20.0. The molecule has 10 heteroatoms. The van der Waals surface area contributed by atoms with Crippen LogP contribution in [0, 0.1) is 0 Å². The average Bonchev–Trinajstić information content (AvgIpc) is 2.73. The largest absolute Gasteiger partial charge is 0.468 e. The highest BCUT2D eigenvalue weighted by molar-refractivity contribution is 6.03. The number of esters is 2. The second-order valence-electron chi connectivity index (χ2n) is 8.63. The van der Waals surface area contributed by atoms with Crippen LogP contribution in [0.3, 0.4) is 0 Å².